The quantitative estimate of drug-likeness (QED) is 0.598. The van der Waals surface area contributed by atoms with Gasteiger partial charge in [0.05, 0.1) is 4.92 Å². The Morgan fingerprint density at radius 3 is 2.67 bits per heavy atom. The summed E-state index contributed by atoms with van der Waals surface area (Å²) in [5.74, 6) is 0. The van der Waals surface area contributed by atoms with Crippen LogP contribution >= 0.6 is 0 Å². The monoisotopic (exact) mass is 251 g/mol. The van der Waals surface area contributed by atoms with Crippen molar-refractivity contribution in [2.45, 2.75) is 26.8 Å². The fourth-order valence-electron chi connectivity index (χ4n) is 2.00. The Hall–Kier alpha value is -1.62. The Morgan fingerprint density at radius 2 is 2.11 bits per heavy atom. The predicted molar refractivity (Wildman–Crippen MR) is 73.9 cm³/mol. The summed E-state index contributed by atoms with van der Waals surface area (Å²) in [6.45, 7) is 6.44. The molecule has 5 heteroatoms. The number of nitrogens with zero attached hydrogens (tertiary/aromatic N) is 2. The highest BCUT2D eigenvalue weighted by Gasteiger charge is 2.17. The molecule has 5 nitrogen and oxygen atoms in total. The largest absolute Gasteiger partial charge is 0.380 e. The number of para-hydroxylation sites is 1. The first-order valence-electron chi connectivity index (χ1n) is 6.28. The molecule has 1 N–H and O–H groups in total. The summed E-state index contributed by atoms with van der Waals surface area (Å²) in [6, 6.07) is 5.23. The maximum Gasteiger partial charge on any atom is 0.292 e. The van der Waals surface area contributed by atoms with Crippen LogP contribution in [0.3, 0.4) is 0 Å². The van der Waals surface area contributed by atoms with Crippen molar-refractivity contribution < 1.29 is 4.92 Å². The van der Waals surface area contributed by atoms with E-state index in [1.807, 2.05) is 20.0 Å². The molecule has 0 unspecified atom stereocenters. The molecule has 0 spiro atoms. The average molecular weight is 251 g/mol. The number of anilines is 1. The summed E-state index contributed by atoms with van der Waals surface area (Å²) in [4.78, 5) is 12.8. The zero-order chi connectivity index (χ0) is 13.5. The second kappa shape index (κ2) is 6.96. The van der Waals surface area contributed by atoms with Crippen LogP contribution in [0.4, 0.5) is 11.4 Å². The van der Waals surface area contributed by atoms with Crippen LogP contribution < -0.4 is 5.32 Å². The zero-order valence-corrected chi connectivity index (χ0v) is 11.3. The van der Waals surface area contributed by atoms with E-state index in [4.69, 9.17) is 0 Å². The minimum absolute atomic E-state index is 0.152. The third-order valence-corrected chi connectivity index (χ3v) is 2.72. The van der Waals surface area contributed by atoms with Crippen molar-refractivity contribution in [2.75, 3.05) is 25.5 Å². The van der Waals surface area contributed by atoms with E-state index in [0.29, 0.717) is 12.2 Å². The van der Waals surface area contributed by atoms with Crippen LogP contribution in [-0.4, -0.2) is 30.0 Å². The smallest absolute Gasteiger partial charge is 0.292 e. The van der Waals surface area contributed by atoms with E-state index in [2.05, 4.69) is 17.1 Å². The van der Waals surface area contributed by atoms with Gasteiger partial charge in [0.1, 0.15) is 5.69 Å². The molecule has 0 bridgehead atoms. The van der Waals surface area contributed by atoms with Gasteiger partial charge < -0.3 is 10.2 Å². The Labute approximate surface area is 108 Å². The Bertz CT molecular complexity index is 407. The summed E-state index contributed by atoms with van der Waals surface area (Å²) in [7, 11) is 2.03. The van der Waals surface area contributed by atoms with Crippen LogP contribution in [0.2, 0.25) is 0 Å². The van der Waals surface area contributed by atoms with Crippen molar-refractivity contribution in [2.24, 2.45) is 0 Å². The molecule has 1 aromatic carbocycles. The van der Waals surface area contributed by atoms with Crippen LogP contribution in [0.25, 0.3) is 0 Å². The number of hydrogen-bond donors (Lipinski definition) is 1. The Kier molecular flexibility index (Phi) is 5.58. The van der Waals surface area contributed by atoms with Gasteiger partial charge in [-0.05, 0) is 32.5 Å². The fourth-order valence-corrected chi connectivity index (χ4v) is 2.00. The van der Waals surface area contributed by atoms with Gasteiger partial charge in [-0.25, -0.2) is 0 Å². The molecule has 1 rings (SSSR count). The molecule has 0 saturated carbocycles. The zero-order valence-electron chi connectivity index (χ0n) is 11.3. The number of nitro benzene ring substituents is 1. The van der Waals surface area contributed by atoms with E-state index in [1.54, 1.807) is 12.1 Å². The minimum atomic E-state index is -0.332. The number of nitrogens with one attached hydrogen (secondary N) is 1. The van der Waals surface area contributed by atoms with Crippen molar-refractivity contribution in [3.63, 3.8) is 0 Å². The standard InChI is InChI=1S/C13H21N3O2/c1-4-9-15(3)10-11-7-6-8-12(16(17)18)13(11)14-5-2/h6-8,14H,4-5,9-10H2,1-3H3. The first kappa shape index (κ1) is 14.4. The lowest BCUT2D eigenvalue weighted by molar-refractivity contribution is -0.384. The van der Waals surface area contributed by atoms with Crippen molar-refractivity contribution in [1.82, 2.24) is 4.90 Å². The third kappa shape index (κ3) is 3.70. The van der Waals surface area contributed by atoms with Gasteiger partial charge in [0.25, 0.3) is 5.69 Å². The van der Waals surface area contributed by atoms with Gasteiger partial charge in [-0.3, -0.25) is 10.1 Å². The maximum atomic E-state index is 11.0. The molecule has 0 aliphatic rings. The van der Waals surface area contributed by atoms with Crippen LogP contribution in [0.15, 0.2) is 18.2 Å². The van der Waals surface area contributed by atoms with E-state index in [9.17, 15) is 10.1 Å². The first-order valence-corrected chi connectivity index (χ1v) is 6.28. The first-order chi connectivity index (χ1) is 8.60. The molecule has 0 saturated heterocycles. The lowest BCUT2D eigenvalue weighted by atomic mass is 10.1. The number of nitro groups is 1. The van der Waals surface area contributed by atoms with Crippen LogP contribution in [0, 0.1) is 10.1 Å². The summed E-state index contributed by atoms with van der Waals surface area (Å²) >= 11 is 0. The SMILES string of the molecule is CCCN(C)Cc1cccc([N+](=O)[O-])c1NCC. The van der Waals surface area contributed by atoms with Gasteiger partial charge in [-0.2, -0.15) is 0 Å². The predicted octanol–water partition coefficient (Wildman–Crippen LogP) is 2.87. The van der Waals surface area contributed by atoms with Gasteiger partial charge >= 0.3 is 0 Å². The van der Waals surface area contributed by atoms with Crippen molar-refractivity contribution in [3.05, 3.63) is 33.9 Å². The average Bonchev–Trinajstić information content (AvgIpc) is 2.31. The van der Waals surface area contributed by atoms with E-state index in [-0.39, 0.29) is 10.6 Å². The van der Waals surface area contributed by atoms with Crippen molar-refractivity contribution in [1.29, 1.82) is 0 Å². The minimum Gasteiger partial charge on any atom is -0.380 e. The highest BCUT2D eigenvalue weighted by Crippen LogP contribution is 2.28. The molecule has 0 fully saturated rings. The Morgan fingerprint density at radius 1 is 1.39 bits per heavy atom. The molecule has 1 aromatic rings. The maximum absolute atomic E-state index is 11.0. The molecule has 100 valence electrons. The number of hydrogen-bond acceptors (Lipinski definition) is 4. The van der Waals surface area contributed by atoms with Crippen LogP contribution in [0.1, 0.15) is 25.8 Å². The van der Waals surface area contributed by atoms with Gasteiger partial charge in [0, 0.05) is 19.2 Å². The van der Waals surface area contributed by atoms with E-state index in [1.165, 1.54) is 0 Å². The normalized spacial score (nSPS) is 10.7. The topological polar surface area (TPSA) is 58.4 Å². The van der Waals surface area contributed by atoms with E-state index >= 15 is 0 Å². The number of rotatable bonds is 7. The summed E-state index contributed by atoms with van der Waals surface area (Å²) in [5.41, 5.74) is 1.77. The third-order valence-electron chi connectivity index (χ3n) is 2.72. The molecule has 0 aliphatic carbocycles. The molecule has 18 heavy (non-hydrogen) atoms. The molecule has 0 amide bonds. The van der Waals surface area contributed by atoms with Crippen LogP contribution in [0.5, 0.6) is 0 Å². The van der Waals surface area contributed by atoms with Crippen molar-refractivity contribution in [3.8, 4) is 0 Å². The van der Waals surface area contributed by atoms with Gasteiger partial charge in [0.2, 0.25) is 0 Å². The molecule has 0 atom stereocenters. The number of benzene rings is 1. The molecular formula is C13H21N3O2. The highest BCUT2D eigenvalue weighted by atomic mass is 16.6. The van der Waals surface area contributed by atoms with Crippen molar-refractivity contribution >= 4 is 11.4 Å². The summed E-state index contributed by atoms with van der Waals surface area (Å²) < 4.78 is 0. The van der Waals surface area contributed by atoms with Gasteiger partial charge in [-0.15, -0.1) is 0 Å². The van der Waals surface area contributed by atoms with E-state index < -0.39 is 0 Å². The second-order valence-corrected chi connectivity index (χ2v) is 4.34. The lowest BCUT2D eigenvalue weighted by Gasteiger charge is -2.18. The van der Waals surface area contributed by atoms with E-state index in [0.717, 1.165) is 25.1 Å². The molecule has 0 aliphatic heterocycles. The van der Waals surface area contributed by atoms with Gasteiger partial charge in [-0.1, -0.05) is 19.1 Å². The molecule has 0 aromatic heterocycles. The molecular weight excluding hydrogens is 230 g/mol. The second-order valence-electron chi connectivity index (χ2n) is 4.34. The lowest BCUT2D eigenvalue weighted by Crippen LogP contribution is -2.19. The highest BCUT2D eigenvalue weighted by molar-refractivity contribution is 5.66. The molecule has 0 heterocycles. The summed E-state index contributed by atoms with van der Waals surface area (Å²) in [5, 5.41) is 14.1. The Balaban J connectivity index is 3.02. The molecule has 0 radical (unpaired) electrons. The summed E-state index contributed by atoms with van der Waals surface area (Å²) in [6.07, 6.45) is 1.07. The fraction of sp³-hybridized carbons (Fsp3) is 0.538. The van der Waals surface area contributed by atoms with Crippen LogP contribution in [-0.2, 0) is 6.54 Å². The van der Waals surface area contributed by atoms with Gasteiger partial charge in [0.15, 0.2) is 0 Å².